The molecule has 1 unspecified atom stereocenters. The van der Waals surface area contributed by atoms with Crippen molar-refractivity contribution in [2.75, 3.05) is 7.05 Å². The largest absolute Gasteiger partial charge is 0.313 e. The Hall–Kier alpha value is -0.0900. The molecule has 0 saturated carbocycles. The van der Waals surface area contributed by atoms with Crippen LogP contribution in [0.5, 0.6) is 0 Å². The predicted octanol–water partition coefficient (Wildman–Crippen LogP) is 6.70. The summed E-state index contributed by atoms with van der Waals surface area (Å²) in [6.07, 6.45) is 19.9. The summed E-state index contributed by atoms with van der Waals surface area (Å²) in [4.78, 5) is 0. The fraction of sp³-hybridized carbons (Fsp3) is 0.700. The van der Waals surface area contributed by atoms with E-state index < -0.39 is 0 Å². The number of rotatable bonds is 7. The van der Waals surface area contributed by atoms with Crippen molar-refractivity contribution in [1.29, 1.82) is 0 Å². The maximum Gasteiger partial charge on any atom is 0.0284 e. The van der Waals surface area contributed by atoms with Gasteiger partial charge in [-0.3, -0.25) is 0 Å². The van der Waals surface area contributed by atoms with Crippen molar-refractivity contribution in [2.45, 2.75) is 84.1 Å². The summed E-state index contributed by atoms with van der Waals surface area (Å²) in [6.45, 7) is 4.63. The molecular formula is C20H34IN. The van der Waals surface area contributed by atoms with Gasteiger partial charge in [0.2, 0.25) is 0 Å². The third kappa shape index (κ3) is 8.52. The van der Waals surface area contributed by atoms with E-state index in [1.165, 1.54) is 64.2 Å². The van der Waals surface area contributed by atoms with Gasteiger partial charge < -0.3 is 5.32 Å². The molecule has 0 aromatic heterocycles. The predicted molar refractivity (Wildman–Crippen MR) is 109 cm³/mol. The second kappa shape index (κ2) is 12.3. The van der Waals surface area contributed by atoms with Crippen LogP contribution < -0.4 is 5.32 Å². The van der Waals surface area contributed by atoms with Gasteiger partial charge in [0.25, 0.3) is 0 Å². The lowest BCUT2D eigenvalue weighted by Crippen LogP contribution is -2.23. The highest BCUT2D eigenvalue weighted by molar-refractivity contribution is 14.1. The van der Waals surface area contributed by atoms with E-state index in [9.17, 15) is 0 Å². The van der Waals surface area contributed by atoms with Crippen LogP contribution in [0.1, 0.15) is 78.1 Å². The van der Waals surface area contributed by atoms with Crippen LogP contribution in [0.25, 0.3) is 0 Å². The number of nitrogens with one attached hydrogen (secondary N) is 1. The smallest absolute Gasteiger partial charge is 0.0284 e. The van der Waals surface area contributed by atoms with Crippen molar-refractivity contribution in [3.8, 4) is 0 Å². The Morgan fingerprint density at radius 1 is 1.41 bits per heavy atom. The van der Waals surface area contributed by atoms with Crippen molar-refractivity contribution in [2.24, 2.45) is 0 Å². The van der Waals surface area contributed by atoms with Crippen molar-refractivity contribution in [3.05, 3.63) is 33.0 Å². The van der Waals surface area contributed by atoms with E-state index in [0.29, 0.717) is 6.04 Å². The van der Waals surface area contributed by atoms with Gasteiger partial charge in [-0.1, -0.05) is 42.7 Å². The van der Waals surface area contributed by atoms with Crippen molar-refractivity contribution in [1.82, 2.24) is 5.32 Å². The summed E-state index contributed by atoms with van der Waals surface area (Å²) >= 11 is 2.52. The molecule has 1 N–H and O–H groups in total. The molecule has 0 aromatic rings. The zero-order valence-electron chi connectivity index (χ0n) is 14.8. The van der Waals surface area contributed by atoms with Crippen LogP contribution in [-0.4, -0.2) is 13.1 Å². The van der Waals surface area contributed by atoms with Crippen LogP contribution in [0.3, 0.4) is 0 Å². The molecule has 0 amide bonds. The molecule has 0 aromatic carbocycles. The summed E-state index contributed by atoms with van der Waals surface area (Å²) in [5, 5.41) is 3.46. The van der Waals surface area contributed by atoms with Gasteiger partial charge in [0.05, 0.1) is 0 Å². The summed E-state index contributed by atoms with van der Waals surface area (Å²) in [6, 6.07) is 0.506. The average molecular weight is 415 g/mol. The first-order valence-electron chi connectivity index (χ1n) is 9.03. The molecule has 1 aliphatic carbocycles. The third-order valence-electron chi connectivity index (χ3n) is 4.56. The number of halogens is 1. The van der Waals surface area contributed by atoms with Gasteiger partial charge in [0.15, 0.2) is 0 Å². The van der Waals surface area contributed by atoms with Crippen LogP contribution in [-0.2, 0) is 0 Å². The Kier molecular flexibility index (Phi) is 11.2. The Balaban J connectivity index is 2.63. The number of unbranched alkanes of at least 4 members (excludes halogenated alkanes) is 1. The van der Waals surface area contributed by atoms with Crippen LogP contribution in [0.15, 0.2) is 33.0 Å². The molecule has 22 heavy (non-hydrogen) atoms. The first kappa shape index (κ1) is 20.0. The monoisotopic (exact) mass is 415 g/mol. The Morgan fingerprint density at radius 3 is 2.95 bits per heavy atom. The van der Waals surface area contributed by atoms with E-state index in [1.54, 1.807) is 14.7 Å². The van der Waals surface area contributed by atoms with Gasteiger partial charge in [-0.25, -0.2) is 0 Å². The lowest BCUT2D eigenvalue weighted by atomic mass is 9.92. The quantitative estimate of drug-likeness (QED) is 0.360. The highest BCUT2D eigenvalue weighted by Crippen LogP contribution is 2.25. The van der Waals surface area contributed by atoms with E-state index in [2.05, 4.69) is 67.0 Å². The molecule has 2 heteroatoms. The SMILES string of the molecule is CCCC/C(I)=C\CC/C1=C(\C)CCCC/C=C\C(NC)C1. The molecule has 0 aliphatic heterocycles. The number of allylic oxidation sites excluding steroid dienone is 4. The number of hydrogen-bond acceptors (Lipinski definition) is 1. The van der Waals surface area contributed by atoms with Gasteiger partial charge in [-0.05, 0) is 97.9 Å². The van der Waals surface area contributed by atoms with Gasteiger partial charge in [0.1, 0.15) is 0 Å². The molecule has 0 heterocycles. The second-order valence-electron chi connectivity index (χ2n) is 6.45. The zero-order valence-corrected chi connectivity index (χ0v) is 16.9. The third-order valence-corrected chi connectivity index (χ3v) is 5.54. The van der Waals surface area contributed by atoms with Crippen molar-refractivity contribution >= 4 is 22.6 Å². The Bertz CT molecular complexity index is 393. The van der Waals surface area contributed by atoms with E-state index in [4.69, 9.17) is 0 Å². The standard InChI is InChI=1S/C20H34IN/c1-4-5-13-19(21)14-10-12-18-16-20(22-3)15-9-7-6-8-11-17(18)2/h9,14-15,20,22H,4-8,10-13,16H2,1-3H3/b15-9-,18-17-,19-14+. The lowest BCUT2D eigenvalue weighted by Gasteiger charge is -2.19. The summed E-state index contributed by atoms with van der Waals surface area (Å²) in [5.74, 6) is 0. The van der Waals surface area contributed by atoms with Gasteiger partial charge in [-0.15, -0.1) is 0 Å². The highest BCUT2D eigenvalue weighted by atomic mass is 127. The van der Waals surface area contributed by atoms with Crippen LogP contribution >= 0.6 is 22.6 Å². The molecule has 0 fully saturated rings. The molecule has 1 rings (SSSR count). The molecule has 0 radical (unpaired) electrons. The van der Waals surface area contributed by atoms with Crippen molar-refractivity contribution in [3.63, 3.8) is 0 Å². The Morgan fingerprint density at radius 2 is 2.23 bits per heavy atom. The van der Waals surface area contributed by atoms with Gasteiger partial charge in [-0.2, -0.15) is 0 Å². The number of likely N-dealkylation sites (N-methyl/N-ethyl adjacent to an activating group) is 1. The average Bonchev–Trinajstić information content (AvgIpc) is 2.53. The lowest BCUT2D eigenvalue weighted by molar-refractivity contribution is 0.623. The van der Waals surface area contributed by atoms with Gasteiger partial charge >= 0.3 is 0 Å². The van der Waals surface area contributed by atoms with Crippen LogP contribution in [0, 0.1) is 0 Å². The van der Waals surface area contributed by atoms with E-state index in [-0.39, 0.29) is 0 Å². The topological polar surface area (TPSA) is 12.0 Å². The van der Waals surface area contributed by atoms with Gasteiger partial charge in [0, 0.05) is 6.04 Å². The molecule has 0 bridgehead atoms. The minimum absolute atomic E-state index is 0.506. The maximum absolute atomic E-state index is 3.46. The minimum atomic E-state index is 0.506. The van der Waals surface area contributed by atoms with E-state index in [0.717, 1.165) is 0 Å². The zero-order chi connectivity index (χ0) is 16.2. The Labute approximate surface area is 151 Å². The first-order valence-corrected chi connectivity index (χ1v) is 10.1. The molecule has 126 valence electrons. The maximum atomic E-state index is 3.46. The number of hydrogen-bond donors (Lipinski definition) is 1. The summed E-state index contributed by atoms with van der Waals surface area (Å²) in [7, 11) is 2.08. The molecule has 0 saturated heterocycles. The second-order valence-corrected chi connectivity index (χ2v) is 7.84. The molecule has 1 nitrogen and oxygen atoms in total. The molecule has 1 aliphatic rings. The first-order chi connectivity index (χ1) is 10.7. The van der Waals surface area contributed by atoms with Crippen LogP contribution in [0.4, 0.5) is 0 Å². The van der Waals surface area contributed by atoms with Crippen molar-refractivity contribution < 1.29 is 0 Å². The molecular weight excluding hydrogens is 381 g/mol. The minimum Gasteiger partial charge on any atom is -0.313 e. The fourth-order valence-corrected chi connectivity index (χ4v) is 3.65. The summed E-state index contributed by atoms with van der Waals surface area (Å²) in [5.41, 5.74) is 3.33. The normalized spacial score (nSPS) is 26.0. The fourth-order valence-electron chi connectivity index (χ4n) is 2.96. The molecule has 1 atom stereocenters. The van der Waals surface area contributed by atoms with Crippen LogP contribution in [0.2, 0.25) is 0 Å². The summed E-state index contributed by atoms with van der Waals surface area (Å²) < 4.78 is 1.54. The van der Waals surface area contributed by atoms with E-state index >= 15 is 0 Å². The highest BCUT2D eigenvalue weighted by Gasteiger charge is 2.10. The van der Waals surface area contributed by atoms with E-state index in [1.807, 2.05) is 0 Å². The molecule has 0 spiro atoms.